The van der Waals surface area contributed by atoms with Gasteiger partial charge in [0.25, 0.3) is 0 Å². The van der Waals surface area contributed by atoms with Crippen LogP contribution in [0.5, 0.6) is 5.75 Å². The minimum Gasteiger partial charge on any atom is -0.406 e. The molecule has 0 atom stereocenters. The quantitative estimate of drug-likeness (QED) is 0.625. The van der Waals surface area contributed by atoms with Crippen molar-refractivity contribution in [1.82, 2.24) is 0 Å². The molecule has 2 aromatic rings. The number of carbonyl (C=O) groups excluding carboxylic acids is 1. The van der Waals surface area contributed by atoms with E-state index in [0.717, 1.165) is 18.2 Å². The number of ether oxygens (including phenoxy) is 1. The molecule has 2 rings (SSSR count). The number of carbonyl (C=O) groups is 1. The number of benzene rings is 2. The van der Waals surface area contributed by atoms with Crippen LogP contribution in [-0.4, -0.2) is 12.1 Å². The summed E-state index contributed by atoms with van der Waals surface area (Å²) in [6.45, 7) is 1.61. The summed E-state index contributed by atoms with van der Waals surface area (Å²) >= 11 is 0. The van der Waals surface area contributed by atoms with E-state index in [-0.39, 0.29) is 11.1 Å². The Labute approximate surface area is 118 Å². The van der Waals surface area contributed by atoms with Gasteiger partial charge >= 0.3 is 6.36 Å². The lowest BCUT2D eigenvalue weighted by Gasteiger charge is -2.10. The summed E-state index contributed by atoms with van der Waals surface area (Å²) in [4.78, 5) is 12.2. The highest BCUT2D eigenvalue weighted by atomic mass is 19.4. The SMILES string of the molecule is Cc1ccc(F)cc1C(=O)c1cccc(OC(F)(F)F)c1. The van der Waals surface area contributed by atoms with Crippen LogP contribution >= 0.6 is 0 Å². The third-order valence-corrected chi connectivity index (χ3v) is 2.77. The lowest BCUT2D eigenvalue weighted by molar-refractivity contribution is -0.274. The van der Waals surface area contributed by atoms with Gasteiger partial charge in [-0.2, -0.15) is 0 Å². The maximum Gasteiger partial charge on any atom is 0.573 e. The van der Waals surface area contributed by atoms with E-state index in [1.54, 1.807) is 6.92 Å². The highest BCUT2D eigenvalue weighted by molar-refractivity contribution is 6.10. The summed E-state index contributed by atoms with van der Waals surface area (Å²) in [5.74, 6) is -1.66. The monoisotopic (exact) mass is 298 g/mol. The average molecular weight is 298 g/mol. The van der Waals surface area contributed by atoms with Crippen molar-refractivity contribution in [3.63, 3.8) is 0 Å². The van der Waals surface area contributed by atoms with Gasteiger partial charge in [-0.1, -0.05) is 18.2 Å². The predicted octanol–water partition coefficient (Wildman–Crippen LogP) is 4.26. The minimum absolute atomic E-state index is 0.00884. The molecular weight excluding hydrogens is 288 g/mol. The maximum absolute atomic E-state index is 13.2. The van der Waals surface area contributed by atoms with Gasteiger partial charge < -0.3 is 4.74 Å². The van der Waals surface area contributed by atoms with Crippen molar-refractivity contribution in [2.75, 3.05) is 0 Å². The van der Waals surface area contributed by atoms with Crippen LogP contribution in [0.4, 0.5) is 17.6 Å². The fourth-order valence-electron chi connectivity index (χ4n) is 1.83. The Morgan fingerprint density at radius 3 is 2.48 bits per heavy atom. The van der Waals surface area contributed by atoms with E-state index in [1.165, 1.54) is 24.3 Å². The maximum atomic E-state index is 13.2. The zero-order valence-corrected chi connectivity index (χ0v) is 10.9. The molecule has 0 saturated carbocycles. The number of alkyl halides is 3. The van der Waals surface area contributed by atoms with E-state index >= 15 is 0 Å². The van der Waals surface area contributed by atoms with Crippen molar-refractivity contribution in [3.05, 3.63) is 65.0 Å². The molecule has 0 bridgehead atoms. The lowest BCUT2D eigenvalue weighted by Crippen LogP contribution is -2.17. The third kappa shape index (κ3) is 3.81. The van der Waals surface area contributed by atoms with Gasteiger partial charge in [0.1, 0.15) is 11.6 Å². The fraction of sp³-hybridized carbons (Fsp3) is 0.133. The van der Waals surface area contributed by atoms with Gasteiger partial charge in [-0.25, -0.2) is 4.39 Å². The second kappa shape index (κ2) is 5.55. The van der Waals surface area contributed by atoms with Crippen molar-refractivity contribution in [2.24, 2.45) is 0 Å². The van der Waals surface area contributed by atoms with Crippen molar-refractivity contribution in [3.8, 4) is 5.75 Å². The molecule has 0 aromatic heterocycles. The number of rotatable bonds is 3. The largest absolute Gasteiger partial charge is 0.573 e. The zero-order chi connectivity index (χ0) is 15.6. The van der Waals surface area contributed by atoms with Crippen LogP contribution in [0, 0.1) is 12.7 Å². The van der Waals surface area contributed by atoms with Crippen LogP contribution < -0.4 is 4.74 Å². The Bertz CT molecular complexity index is 678. The summed E-state index contributed by atoms with van der Waals surface area (Å²) in [6, 6.07) is 8.35. The van der Waals surface area contributed by atoms with E-state index in [0.29, 0.717) is 5.56 Å². The van der Waals surface area contributed by atoms with Crippen LogP contribution in [0.2, 0.25) is 0 Å². The van der Waals surface area contributed by atoms with Crippen LogP contribution in [-0.2, 0) is 0 Å². The third-order valence-electron chi connectivity index (χ3n) is 2.77. The first-order chi connectivity index (χ1) is 9.76. The summed E-state index contributed by atoms with van der Waals surface area (Å²) < 4.78 is 53.4. The summed E-state index contributed by atoms with van der Waals surface area (Å²) in [5, 5.41) is 0. The van der Waals surface area contributed by atoms with Gasteiger partial charge in [-0.15, -0.1) is 13.2 Å². The molecule has 0 saturated heterocycles. The lowest BCUT2D eigenvalue weighted by atomic mass is 9.99. The molecule has 0 heterocycles. The molecule has 0 amide bonds. The molecular formula is C15H10F4O2. The second-order valence-corrected chi connectivity index (χ2v) is 4.36. The summed E-state index contributed by atoms with van der Waals surface area (Å²) in [7, 11) is 0. The molecule has 0 radical (unpaired) electrons. The fourth-order valence-corrected chi connectivity index (χ4v) is 1.83. The Kier molecular flexibility index (Phi) is 3.97. The standard InChI is InChI=1S/C15H10F4O2/c1-9-5-6-11(16)8-13(9)14(20)10-3-2-4-12(7-10)21-15(17,18)19/h2-8H,1H3. The molecule has 2 aromatic carbocycles. The Balaban J connectivity index is 2.35. The molecule has 0 N–H and O–H groups in total. The Morgan fingerprint density at radius 1 is 1.10 bits per heavy atom. The minimum atomic E-state index is -4.84. The number of hydrogen-bond acceptors (Lipinski definition) is 2. The van der Waals surface area contributed by atoms with E-state index in [9.17, 15) is 22.4 Å². The van der Waals surface area contributed by atoms with Crippen molar-refractivity contribution >= 4 is 5.78 Å². The van der Waals surface area contributed by atoms with Gasteiger partial charge in [0.2, 0.25) is 0 Å². The Morgan fingerprint density at radius 2 is 1.81 bits per heavy atom. The number of ketones is 1. The van der Waals surface area contributed by atoms with E-state index in [1.807, 2.05) is 0 Å². The van der Waals surface area contributed by atoms with Crippen LogP contribution in [0.15, 0.2) is 42.5 Å². The van der Waals surface area contributed by atoms with Crippen LogP contribution in [0.1, 0.15) is 21.5 Å². The second-order valence-electron chi connectivity index (χ2n) is 4.36. The summed E-state index contributed by atoms with van der Waals surface area (Å²) in [6.07, 6.45) is -4.84. The highest BCUT2D eigenvalue weighted by Crippen LogP contribution is 2.25. The molecule has 2 nitrogen and oxygen atoms in total. The topological polar surface area (TPSA) is 26.3 Å². The number of aryl methyl sites for hydroxylation is 1. The van der Waals surface area contributed by atoms with Gasteiger partial charge in [0, 0.05) is 11.1 Å². The van der Waals surface area contributed by atoms with Crippen molar-refractivity contribution in [2.45, 2.75) is 13.3 Å². The molecule has 21 heavy (non-hydrogen) atoms. The van der Waals surface area contributed by atoms with E-state index in [2.05, 4.69) is 4.74 Å². The van der Waals surface area contributed by atoms with Gasteiger partial charge in [0.15, 0.2) is 5.78 Å². The van der Waals surface area contributed by atoms with E-state index in [4.69, 9.17) is 0 Å². The van der Waals surface area contributed by atoms with Crippen LogP contribution in [0.25, 0.3) is 0 Å². The first kappa shape index (κ1) is 15.0. The van der Waals surface area contributed by atoms with Gasteiger partial charge in [-0.3, -0.25) is 4.79 Å². The molecule has 0 aliphatic rings. The van der Waals surface area contributed by atoms with E-state index < -0.39 is 23.7 Å². The first-order valence-corrected chi connectivity index (χ1v) is 5.93. The summed E-state index contributed by atoms with van der Waals surface area (Å²) in [5.41, 5.74) is 0.619. The van der Waals surface area contributed by atoms with Crippen molar-refractivity contribution in [1.29, 1.82) is 0 Å². The molecule has 0 aliphatic heterocycles. The Hall–Kier alpha value is -2.37. The zero-order valence-electron chi connectivity index (χ0n) is 10.9. The molecule has 0 spiro atoms. The van der Waals surface area contributed by atoms with Crippen LogP contribution in [0.3, 0.4) is 0 Å². The molecule has 6 heteroatoms. The van der Waals surface area contributed by atoms with Gasteiger partial charge in [-0.05, 0) is 36.8 Å². The number of halogens is 4. The number of hydrogen-bond donors (Lipinski definition) is 0. The predicted molar refractivity (Wildman–Crippen MR) is 67.7 cm³/mol. The normalized spacial score (nSPS) is 11.3. The molecule has 0 aliphatic carbocycles. The highest BCUT2D eigenvalue weighted by Gasteiger charge is 2.31. The molecule has 110 valence electrons. The molecule has 0 fully saturated rings. The molecule has 0 unspecified atom stereocenters. The van der Waals surface area contributed by atoms with Crippen molar-refractivity contribution < 1.29 is 27.1 Å². The average Bonchev–Trinajstić information content (AvgIpc) is 2.39. The first-order valence-electron chi connectivity index (χ1n) is 5.93. The van der Waals surface area contributed by atoms with Gasteiger partial charge in [0.05, 0.1) is 0 Å². The smallest absolute Gasteiger partial charge is 0.406 e.